The molecule has 0 bridgehead atoms. The van der Waals surface area contributed by atoms with Gasteiger partial charge in [0.2, 0.25) is 11.8 Å². The highest BCUT2D eigenvalue weighted by atomic mass is 16.5. The van der Waals surface area contributed by atoms with Crippen LogP contribution in [0.1, 0.15) is 32.6 Å². The second-order valence-corrected chi connectivity index (χ2v) is 8.09. The number of hydrogen-bond acceptors (Lipinski definition) is 4. The Morgan fingerprint density at radius 3 is 2.54 bits per heavy atom. The molecule has 0 aromatic rings. The number of ether oxygens (including phenoxy) is 1. The minimum atomic E-state index is -0.356. The lowest BCUT2D eigenvalue weighted by atomic mass is 9.88. The zero-order valence-corrected chi connectivity index (χ0v) is 15.1. The molecule has 3 fully saturated rings. The number of likely N-dealkylation sites (tertiary alicyclic amines) is 2. The van der Waals surface area contributed by atoms with Crippen molar-refractivity contribution < 1.29 is 14.3 Å². The van der Waals surface area contributed by atoms with Crippen LogP contribution in [-0.2, 0) is 14.3 Å². The molecular formula is C18H31N3O3. The van der Waals surface area contributed by atoms with E-state index in [0.717, 1.165) is 58.4 Å². The quantitative estimate of drug-likeness (QED) is 0.821. The van der Waals surface area contributed by atoms with Crippen molar-refractivity contribution in [2.75, 3.05) is 53.0 Å². The topological polar surface area (TPSA) is 61.9 Å². The van der Waals surface area contributed by atoms with Crippen LogP contribution in [0.25, 0.3) is 0 Å². The molecule has 24 heavy (non-hydrogen) atoms. The number of rotatable bonds is 4. The van der Waals surface area contributed by atoms with Crippen LogP contribution < -0.4 is 5.32 Å². The lowest BCUT2D eigenvalue weighted by molar-refractivity contribution is -0.137. The van der Waals surface area contributed by atoms with Gasteiger partial charge < -0.3 is 19.9 Å². The zero-order chi connectivity index (χ0) is 17.2. The van der Waals surface area contributed by atoms with Gasteiger partial charge in [0.1, 0.15) is 0 Å². The molecule has 1 N–H and O–H groups in total. The molecule has 0 aliphatic carbocycles. The van der Waals surface area contributed by atoms with Crippen molar-refractivity contribution >= 4 is 11.8 Å². The number of nitrogens with one attached hydrogen (secondary N) is 1. The zero-order valence-electron chi connectivity index (χ0n) is 15.1. The molecule has 0 radical (unpaired) electrons. The SMILES string of the molecule is CN1CCC(C(=O)N2CCC(CNC(=O)C3(C)CCOC3)CC2)C1. The Balaban J connectivity index is 1.39. The van der Waals surface area contributed by atoms with E-state index in [2.05, 4.69) is 17.3 Å². The molecule has 3 heterocycles. The summed E-state index contributed by atoms with van der Waals surface area (Å²) in [6, 6.07) is 0. The van der Waals surface area contributed by atoms with Gasteiger partial charge in [0.05, 0.1) is 17.9 Å². The molecule has 0 aromatic heterocycles. The van der Waals surface area contributed by atoms with Crippen LogP contribution in [0.4, 0.5) is 0 Å². The lowest BCUT2D eigenvalue weighted by Crippen LogP contribution is -2.46. The fourth-order valence-corrected chi connectivity index (χ4v) is 4.05. The first-order valence-corrected chi connectivity index (χ1v) is 9.31. The predicted molar refractivity (Wildman–Crippen MR) is 91.5 cm³/mol. The summed E-state index contributed by atoms with van der Waals surface area (Å²) in [5.74, 6) is 1.12. The van der Waals surface area contributed by atoms with Gasteiger partial charge in [-0.3, -0.25) is 9.59 Å². The van der Waals surface area contributed by atoms with Crippen LogP contribution in [0.5, 0.6) is 0 Å². The van der Waals surface area contributed by atoms with Gasteiger partial charge in [0, 0.05) is 32.8 Å². The second-order valence-electron chi connectivity index (χ2n) is 8.09. The fraction of sp³-hybridized carbons (Fsp3) is 0.889. The minimum Gasteiger partial charge on any atom is -0.380 e. The largest absolute Gasteiger partial charge is 0.380 e. The maximum atomic E-state index is 12.6. The fourth-order valence-electron chi connectivity index (χ4n) is 4.05. The Labute approximate surface area is 144 Å². The van der Waals surface area contributed by atoms with Crippen LogP contribution in [0, 0.1) is 17.3 Å². The van der Waals surface area contributed by atoms with Crippen molar-refractivity contribution in [3.8, 4) is 0 Å². The normalized spacial score (nSPS) is 32.2. The summed E-state index contributed by atoms with van der Waals surface area (Å²) in [4.78, 5) is 29.1. The number of carbonyl (C=O) groups is 2. The average molecular weight is 337 g/mol. The van der Waals surface area contributed by atoms with E-state index in [9.17, 15) is 9.59 Å². The van der Waals surface area contributed by atoms with Gasteiger partial charge in [-0.25, -0.2) is 0 Å². The lowest BCUT2D eigenvalue weighted by Gasteiger charge is -2.34. The van der Waals surface area contributed by atoms with Gasteiger partial charge in [-0.05, 0) is 52.1 Å². The molecule has 3 rings (SSSR count). The van der Waals surface area contributed by atoms with Crippen LogP contribution >= 0.6 is 0 Å². The Bertz CT molecular complexity index is 468. The van der Waals surface area contributed by atoms with E-state index >= 15 is 0 Å². The van der Waals surface area contributed by atoms with Gasteiger partial charge in [0.15, 0.2) is 0 Å². The van der Waals surface area contributed by atoms with E-state index in [4.69, 9.17) is 4.74 Å². The van der Waals surface area contributed by atoms with Crippen molar-refractivity contribution in [2.45, 2.75) is 32.6 Å². The van der Waals surface area contributed by atoms with E-state index < -0.39 is 0 Å². The first-order valence-electron chi connectivity index (χ1n) is 9.31. The first-order chi connectivity index (χ1) is 11.5. The van der Waals surface area contributed by atoms with E-state index in [1.165, 1.54) is 0 Å². The molecular weight excluding hydrogens is 306 g/mol. The monoisotopic (exact) mass is 337 g/mol. The van der Waals surface area contributed by atoms with Crippen molar-refractivity contribution in [2.24, 2.45) is 17.3 Å². The van der Waals surface area contributed by atoms with Crippen LogP contribution in [0.15, 0.2) is 0 Å². The highest BCUT2D eigenvalue weighted by molar-refractivity contribution is 5.82. The molecule has 2 unspecified atom stereocenters. The summed E-state index contributed by atoms with van der Waals surface area (Å²) >= 11 is 0. The van der Waals surface area contributed by atoms with Crippen molar-refractivity contribution in [3.63, 3.8) is 0 Å². The third kappa shape index (κ3) is 3.91. The summed E-state index contributed by atoms with van der Waals surface area (Å²) in [5.41, 5.74) is -0.356. The molecule has 136 valence electrons. The smallest absolute Gasteiger partial charge is 0.228 e. The molecule has 0 spiro atoms. The first kappa shape index (κ1) is 17.7. The Kier molecular flexibility index (Phi) is 5.45. The summed E-state index contributed by atoms with van der Waals surface area (Å²) in [6.07, 6.45) is 3.77. The average Bonchev–Trinajstić information content (AvgIpc) is 3.22. The minimum absolute atomic E-state index is 0.118. The molecule has 0 aromatic carbocycles. The molecule has 6 heteroatoms. The number of amides is 2. The van der Waals surface area contributed by atoms with Crippen molar-refractivity contribution in [1.29, 1.82) is 0 Å². The number of carbonyl (C=O) groups excluding carboxylic acids is 2. The summed E-state index contributed by atoms with van der Waals surface area (Å²) in [6.45, 7) is 7.51. The van der Waals surface area contributed by atoms with Crippen LogP contribution in [0.3, 0.4) is 0 Å². The van der Waals surface area contributed by atoms with Gasteiger partial charge in [-0.15, -0.1) is 0 Å². The Hall–Kier alpha value is -1.14. The molecule has 0 saturated carbocycles. The van der Waals surface area contributed by atoms with Gasteiger partial charge in [-0.1, -0.05) is 0 Å². The maximum absolute atomic E-state index is 12.6. The molecule has 3 saturated heterocycles. The molecule has 3 aliphatic rings. The Morgan fingerprint density at radius 1 is 1.21 bits per heavy atom. The number of hydrogen-bond donors (Lipinski definition) is 1. The molecule has 3 aliphatic heterocycles. The van der Waals surface area contributed by atoms with Crippen molar-refractivity contribution in [1.82, 2.24) is 15.1 Å². The summed E-state index contributed by atoms with van der Waals surface area (Å²) < 4.78 is 5.36. The van der Waals surface area contributed by atoms with Crippen molar-refractivity contribution in [3.05, 3.63) is 0 Å². The van der Waals surface area contributed by atoms with Gasteiger partial charge >= 0.3 is 0 Å². The van der Waals surface area contributed by atoms with E-state index in [1.54, 1.807) is 0 Å². The third-order valence-corrected chi connectivity index (χ3v) is 5.99. The van der Waals surface area contributed by atoms with Gasteiger partial charge in [-0.2, -0.15) is 0 Å². The predicted octanol–water partition coefficient (Wildman–Crippen LogP) is 0.720. The third-order valence-electron chi connectivity index (χ3n) is 5.99. The molecule has 6 nitrogen and oxygen atoms in total. The van der Waals surface area contributed by atoms with Crippen LogP contribution in [0.2, 0.25) is 0 Å². The van der Waals surface area contributed by atoms with E-state index in [0.29, 0.717) is 25.0 Å². The molecule has 2 atom stereocenters. The Morgan fingerprint density at radius 2 is 1.96 bits per heavy atom. The maximum Gasteiger partial charge on any atom is 0.228 e. The summed E-state index contributed by atoms with van der Waals surface area (Å²) in [5, 5.41) is 3.11. The summed E-state index contributed by atoms with van der Waals surface area (Å²) in [7, 11) is 2.08. The van der Waals surface area contributed by atoms with E-state index in [-0.39, 0.29) is 17.2 Å². The highest BCUT2D eigenvalue weighted by Crippen LogP contribution is 2.28. The van der Waals surface area contributed by atoms with E-state index in [1.807, 2.05) is 11.8 Å². The number of nitrogens with zero attached hydrogens (tertiary/aromatic N) is 2. The highest BCUT2D eigenvalue weighted by Gasteiger charge is 2.38. The standard InChI is InChI=1S/C18H31N3O3/c1-18(6-10-24-13-18)17(23)19-11-14-3-8-21(9-4-14)16(22)15-5-7-20(2)12-15/h14-15H,3-13H2,1-2H3,(H,19,23). The second kappa shape index (κ2) is 7.40. The number of piperidine rings is 1. The molecule has 2 amide bonds. The van der Waals surface area contributed by atoms with Gasteiger partial charge in [0.25, 0.3) is 0 Å². The van der Waals surface area contributed by atoms with Crippen LogP contribution in [-0.4, -0.2) is 74.6 Å².